The van der Waals surface area contributed by atoms with Crippen LogP contribution in [0.1, 0.15) is 59.2 Å². The Balaban J connectivity index is 1.39. The molecule has 0 N–H and O–H groups in total. The smallest absolute Gasteiger partial charge is 0.410 e. The minimum atomic E-state index is -0.451. The summed E-state index contributed by atoms with van der Waals surface area (Å²) < 4.78 is 8.04. The van der Waals surface area contributed by atoms with Crippen LogP contribution in [0.15, 0.2) is 24.3 Å². The predicted molar refractivity (Wildman–Crippen MR) is 136 cm³/mol. The number of para-hydroxylation sites is 1. The first-order valence-electron chi connectivity index (χ1n) is 12.6. The van der Waals surface area contributed by atoms with Gasteiger partial charge in [0, 0.05) is 31.4 Å². The molecule has 1 aromatic carbocycles. The SMILES string of the molecule is CCCCc1nc2c(Cl)nc3ccccc3c2n1CC1CC2CN(C(=O)OC(C)(C)C)CC2C1. The summed E-state index contributed by atoms with van der Waals surface area (Å²) in [6, 6.07) is 8.22. The number of halogens is 1. The van der Waals surface area contributed by atoms with Crippen molar-refractivity contribution < 1.29 is 9.53 Å². The summed E-state index contributed by atoms with van der Waals surface area (Å²) in [5, 5.41) is 1.60. The topological polar surface area (TPSA) is 60.2 Å². The van der Waals surface area contributed by atoms with E-state index in [4.69, 9.17) is 21.3 Å². The van der Waals surface area contributed by atoms with Gasteiger partial charge in [0.25, 0.3) is 0 Å². The molecule has 1 amide bonds. The van der Waals surface area contributed by atoms with Gasteiger partial charge in [0.2, 0.25) is 0 Å². The van der Waals surface area contributed by atoms with Crippen LogP contribution in [0.4, 0.5) is 4.79 Å². The van der Waals surface area contributed by atoms with Crippen molar-refractivity contribution in [1.82, 2.24) is 19.4 Å². The average Bonchev–Trinajstić information content (AvgIpc) is 3.44. The maximum atomic E-state index is 12.6. The lowest BCUT2D eigenvalue weighted by Crippen LogP contribution is -2.36. The number of benzene rings is 1. The Morgan fingerprint density at radius 1 is 1.15 bits per heavy atom. The van der Waals surface area contributed by atoms with E-state index in [-0.39, 0.29) is 6.09 Å². The van der Waals surface area contributed by atoms with Crippen molar-refractivity contribution in [2.75, 3.05) is 13.1 Å². The molecule has 182 valence electrons. The van der Waals surface area contributed by atoms with Crippen molar-refractivity contribution in [3.63, 3.8) is 0 Å². The van der Waals surface area contributed by atoms with Crippen LogP contribution < -0.4 is 0 Å². The third-order valence-corrected chi connectivity index (χ3v) is 7.58. The highest BCUT2D eigenvalue weighted by molar-refractivity contribution is 6.35. The zero-order valence-electron chi connectivity index (χ0n) is 20.7. The Hall–Kier alpha value is -2.34. The number of hydrogen-bond donors (Lipinski definition) is 0. The fourth-order valence-corrected chi connectivity index (χ4v) is 6.10. The van der Waals surface area contributed by atoms with Crippen molar-refractivity contribution >= 4 is 39.6 Å². The lowest BCUT2D eigenvalue weighted by molar-refractivity contribution is 0.0277. The van der Waals surface area contributed by atoms with Crippen LogP contribution in [0.3, 0.4) is 0 Å². The molecule has 0 radical (unpaired) electrons. The number of ether oxygens (including phenoxy) is 1. The van der Waals surface area contributed by atoms with E-state index < -0.39 is 5.60 Å². The lowest BCUT2D eigenvalue weighted by Gasteiger charge is -2.25. The summed E-state index contributed by atoms with van der Waals surface area (Å²) in [5.74, 6) is 2.78. The molecule has 0 spiro atoms. The van der Waals surface area contributed by atoms with Crippen molar-refractivity contribution in [1.29, 1.82) is 0 Å². The van der Waals surface area contributed by atoms with Gasteiger partial charge in [0.15, 0.2) is 5.15 Å². The van der Waals surface area contributed by atoms with Crippen LogP contribution in [0.5, 0.6) is 0 Å². The molecule has 1 saturated heterocycles. The van der Waals surface area contributed by atoms with Crippen molar-refractivity contribution in [3.8, 4) is 0 Å². The average molecular weight is 483 g/mol. The van der Waals surface area contributed by atoms with Gasteiger partial charge >= 0.3 is 6.09 Å². The minimum Gasteiger partial charge on any atom is -0.444 e. The number of likely N-dealkylation sites (tertiary alicyclic amines) is 1. The van der Waals surface area contributed by atoms with E-state index in [0.717, 1.165) is 79.5 Å². The zero-order chi connectivity index (χ0) is 24.0. The van der Waals surface area contributed by atoms with Crippen LogP contribution in [-0.4, -0.2) is 44.2 Å². The second-order valence-electron chi connectivity index (χ2n) is 11.1. The zero-order valence-corrected chi connectivity index (χ0v) is 21.4. The maximum Gasteiger partial charge on any atom is 0.410 e. The number of unbranched alkanes of at least 4 members (excludes halogenated alkanes) is 1. The molecule has 3 aromatic rings. The number of nitrogens with zero attached hydrogens (tertiary/aromatic N) is 4. The van der Waals surface area contributed by atoms with Gasteiger partial charge in [0.1, 0.15) is 16.9 Å². The monoisotopic (exact) mass is 482 g/mol. The van der Waals surface area contributed by atoms with Gasteiger partial charge in [-0.3, -0.25) is 0 Å². The van der Waals surface area contributed by atoms with Gasteiger partial charge in [-0.1, -0.05) is 43.1 Å². The molecule has 0 bridgehead atoms. The quantitative estimate of drug-likeness (QED) is 0.391. The number of carbonyl (C=O) groups excluding carboxylic acids is 1. The Kier molecular flexibility index (Phi) is 6.21. The van der Waals surface area contributed by atoms with Crippen molar-refractivity contribution in [2.45, 2.75) is 71.9 Å². The summed E-state index contributed by atoms with van der Waals surface area (Å²) in [6.07, 6.45) is 5.27. The minimum absolute atomic E-state index is 0.172. The molecule has 7 heteroatoms. The normalized spacial score (nSPS) is 22.6. The van der Waals surface area contributed by atoms with Gasteiger partial charge in [0.05, 0.1) is 11.0 Å². The molecule has 2 atom stereocenters. The van der Waals surface area contributed by atoms with Crippen LogP contribution >= 0.6 is 11.6 Å². The van der Waals surface area contributed by atoms with Gasteiger partial charge in [-0.15, -0.1) is 0 Å². The lowest BCUT2D eigenvalue weighted by atomic mass is 10.0. The summed E-state index contributed by atoms with van der Waals surface area (Å²) in [4.78, 5) is 24.1. The van der Waals surface area contributed by atoms with E-state index in [2.05, 4.69) is 28.6 Å². The number of imidazole rings is 1. The Morgan fingerprint density at radius 2 is 1.85 bits per heavy atom. The van der Waals surface area contributed by atoms with Gasteiger partial charge in [-0.25, -0.2) is 14.8 Å². The number of aromatic nitrogens is 3. The molecule has 1 aliphatic carbocycles. The highest BCUT2D eigenvalue weighted by Gasteiger charge is 2.43. The molecule has 2 fully saturated rings. The maximum absolute atomic E-state index is 12.6. The van der Waals surface area contributed by atoms with Crippen LogP contribution in [0.2, 0.25) is 5.15 Å². The second-order valence-corrected chi connectivity index (χ2v) is 11.5. The first-order valence-corrected chi connectivity index (χ1v) is 13.0. The third kappa shape index (κ3) is 4.49. The molecule has 2 aliphatic rings. The Labute approximate surface area is 206 Å². The van der Waals surface area contributed by atoms with Gasteiger partial charge < -0.3 is 14.2 Å². The van der Waals surface area contributed by atoms with E-state index >= 15 is 0 Å². The third-order valence-electron chi connectivity index (χ3n) is 7.31. The van der Waals surface area contributed by atoms with E-state index in [9.17, 15) is 4.79 Å². The molecule has 2 unspecified atom stereocenters. The number of amides is 1. The van der Waals surface area contributed by atoms with Crippen molar-refractivity contribution in [2.24, 2.45) is 17.8 Å². The van der Waals surface area contributed by atoms with E-state index in [0.29, 0.717) is 22.9 Å². The molecule has 3 heterocycles. The van der Waals surface area contributed by atoms with Crippen molar-refractivity contribution in [3.05, 3.63) is 35.2 Å². The molecular formula is C27H35ClN4O2. The Morgan fingerprint density at radius 3 is 2.53 bits per heavy atom. The molecule has 2 aromatic heterocycles. The number of fused-ring (bicyclic) bond motifs is 4. The molecule has 1 aliphatic heterocycles. The summed E-state index contributed by atoms with van der Waals surface area (Å²) in [6.45, 7) is 10.5. The van der Waals surface area contributed by atoms with E-state index in [1.807, 2.05) is 37.8 Å². The van der Waals surface area contributed by atoms with Crippen LogP contribution in [-0.2, 0) is 17.7 Å². The van der Waals surface area contributed by atoms with E-state index in [1.165, 1.54) is 0 Å². The first-order chi connectivity index (χ1) is 16.2. The van der Waals surface area contributed by atoms with Gasteiger partial charge in [-0.05, 0) is 63.9 Å². The summed E-state index contributed by atoms with van der Waals surface area (Å²) in [7, 11) is 0. The summed E-state index contributed by atoms with van der Waals surface area (Å²) in [5.41, 5.74) is 2.41. The largest absolute Gasteiger partial charge is 0.444 e. The highest BCUT2D eigenvalue weighted by Crippen LogP contribution is 2.43. The fraction of sp³-hybridized carbons (Fsp3) is 0.593. The number of carbonyl (C=O) groups is 1. The predicted octanol–water partition coefficient (Wildman–Crippen LogP) is 6.47. The van der Waals surface area contributed by atoms with Crippen LogP contribution in [0.25, 0.3) is 21.9 Å². The first kappa shape index (κ1) is 23.4. The number of aryl methyl sites for hydroxylation is 1. The molecular weight excluding hydrogens is 448 g/mol. The number of pyridine rings is 1. The second kappa shape index (κ2) is 9.03. The highest BCUT2D eigenvalue weighted by atomic mass is 35.5. The Bertz CT molecular complexity index is 1200. The van der Waals surface area contributed by atoms with E-state index in [1.54, 1.807) is 0 Å². The number of hydrogen-bond acceptors (Lipinski definition) is 4. The number of rotatable bonds is 5. The molecule has 6 nitrogen and oxygen atoms in total. The van der Waals surface area contributed by atoms with Gasteiger partial charge in [-0.2, -0.15) is 0 Å². The summed E-state index contributed by atoms with van der Waals surface area (Å²) >= 11 is 6.61. The fourth-order valence-electron chi connectivity index (χ4n) is 5.88. The van der Waals surface area contributed by atoms with Crippen LogP contribution in [0, 0.1) is 17.8 Å². The molecule has 1 saturated carbocycles. The molecule has 34 heavy (non-hydrogen) atoms. The standard InChI is InChI=1S/C27H35ClN4O2/c1-5-6-11-22-30-23-24(20-9-7-8-10-21(20)29-25(23)28)32(22)14-17-12-18-15-31(16-19(18)13-17)26(33)34-27(2,3)4/h7-10,17-19H,5-6,11-16H2,1-4H3. The molecule has 5 rings (SSSR count).